The molecule has 0 atom stereocenters. The van der Waals surface area contributed by atoms with Gasteiger partial charge in [-0.05, 0) is 39.7 Å². The van der Waals surface area contributed by atoms with E-state index in [4.69, 9.17) is 28.9 Å². The monoisotopic (exact) mass is 319 g/mol. The number of nitrogen functional groups attached to an aromatic ring is 1. The van der Waals surface area contributed by atoms with E-state index in [0.29, 0.717) is 22.4 Å². The maximum atomic E-state index is 5.91. The lowest BCUT2D eigenvalue weighted by molar-refractivity contribution is 0.697. The van der Waals surface area contributed by atoms with Crippen LogP contribution in [-0.4, -0.2) is 9.78 Å². The Hall–Kier alpha value is -0.710. The molecule has 0 unspecified atom stereocenters. The standard InChI is InChI=1S/C10H8BrCl2N3/c11-9-4-15-16(10(9)14)5-6-1-7(12)3-8(13)2-6/h1-4H,5,14H2. The van der Waals surface area contributed by atoms with Gasteiger partial charge < -0.3 is 5.73 Å². The Balaban J connectivity index is 2.30. The molecule has 2 N–H and O–H groups in total. The molecule has 2 aromatic rings. The van der Waals surface area contributed by atoms with Crippen molar-refractivity contribution in [1.82, 2.24) is 9.78 Å². The number of nitrogens with two attached hydrogens (primary N) is 1. The van der Waals surface area contributed by atoms with Crippen LogP contribution >= 0.6 is 39.1 Å². The summed E-state index contributed by atoms with van der Waals surface area (Å²) in [4.78, 5) is 0. The molecule has 0 bridgehead atoms. The van der Waals surface area contributed by atoms with E-state index in [0.717, 1.165) is 10.0 Å². The van der Waals surface area contributed by atoms with Crippen molar-refractivity contribution in [3.63, 3.8) is 0 Å². The zero-order chi connectivity index (χ0) is 11.7. The van der Waals surface area contributed by atoms with Gasteiger partial charge in [0.15, 0.2) is 0 Å². The third kappa shape index (κ3) is 2.51. The molecule has 3 nitrogen and oxygen atoms in total. The Labute approximate surface area is 111 Å². The predicted octanol–water partition coefficient (Wildman–Crippen LogP) is 3.58. The summed E-state index contributed by atoms with van der Waals surface area (Å²) in [7, 11) is 0. The van der Waals surface area contributed by atoms with Crippen molar-refractivity contribution in [3.05, 3.63) is 44.5 Å². The molecular weight excluding hydrogens is 313 g/mol. The van der Waals surface area contributed by atoms with Crippen molar-refractivity contribution >= 4 is 44.9 Å². The molecule has 0 saturated heterocycles. The quantitative estimate of drug-likeness (QED) is 0.919. The Morgan fingerprint density at radius 1 is 1.25 bits per heavy atom. The molecule has 0 radical (unpaired) electrons. The van der Waals surface area contributed by atoms with Crippen LogP contribution in [-0.2, 0) is 6.54 Å². The van der Waals surface area contributed by atoms with Crippen molar-refractivity contribution in [3.8, 4) is 0 Å². The van der Waals surface area contributed by atoms with Gasteiger partial charge in [-0.15, -0.1) is 0 Å². The number of anilines is 1. The number of nitrogens with zero attached hydrogens (tertiary/aromatic N) is 2. The van der Waals surface area contributed by atoms with Gasteiger partial charge in [0.1, 0.15) is 5.82 Å². The van der Waals surface area contributed by atoms with Crippen molar-refractivity contribution in [2.24, 2.45) is 0 Å². The highest BCUT2D eigenvalue weighted by Crippen LogP contribution is 2.22. The van der Waals surface area contributed by atoms with Crippen molar-refractivity contribution in [2.75, 3.05) is 5.73 Å². The third-order valence-electron chi connectivity index (χ3n) is 2.09. The largest absolute Gasteiger partial charge is 0.383 e. The molecule has 0 aliphatic heterocycles. The Bertz CT molecular complexity index is 505. The summed E-state index contributed by atoms with van der Waals surface area (Å²) in [6.07, 6.45) is 1.65. The van der Waals surface area contributed by atoms with Gasteiger partial charge in [-0.1, -0.05) is 23.2 Å². The minimum atomic E-state index is 0.539. The van der Waals surface area contributed by atoms with E-state index in [9.17, 15) is 0 Å². The second-order valence-electron chi connectivity index (χ2n) is 3.31. The van der Waals surface area contributed by atoms with Crippen LogP contribution < -0.4 is 5.73 Å². The zero-order valence-corrected chi connectivity index (χ0v) is 11.2. The molecule has 84 valence electrons. The Morgan fingerprint density at radius 3 is 2.38 bits per heavy atom. The Morgan fingerprint density at radius 2 is 1.88 bits per heavy atom. The van der Waals surface area contributed by atoms with Gasteiger partial charge in [-0.25, -0.2) is 4.68 Å². The molecule has 1 heterocycles. The second kappa shape index (κ2) is 4.65. The maximum Gasteiger partial charge on any atom is 0.136 e. The lowest BCUT2D eigenvalue weighted by atomic mass is 10.2. The summed E-state index contributed by atoms with van der Waals surface area (Å²) in [6, 6.07) is 5.36. The highest BCUT2D eigenvalue weighted by molar-refractivity contribution is 9.10. The van der Waals surface area contributed by atoms with E-state index in [1.165, 1.54) is 0 Å². The van der Waals surface area contributed by atoms with E-state index < -0.39 is 0 Å². The minimum absolute atomic E-state index is 0.539. The van der Waals surface area contributed by atoms with Crippen molar-refractivity contribution in [2.45, 2.75) is 6.54 Å². The number of aromatic nitrogens is 2. The summed E-state index contributed by atoms with van der Waals surface area (Å²) in [6.45, 7) is 0.539. The number of rotatable bonds is 2. The van der Waals surface area contributed by atoms with E-state index >= 15 is 0 Å². The van der Waals surface area contributed by atoms with Crippen LogP contribution in [0.4, 0.5) is 5.82 Å². The molecule has 16 heavy (non-hydrogen) atoms. The predicted molar refractivity (Wildman–Crippen MR) is 69.9 cm³/mol. The molecule has 0 aliphatic carbocycles. The average Bonchev–Trinajstić information content (AvgIpc) is 2.48. The van der Waals surface area contributed by atoms with E-state index in [1.54, 1.807) is 16.9 Å². The topological polar surface area (TPSA) is 43.8 Å². The van der Waals surface area contributed by atoms with Gasteiger partial charge >= 0.3 is 0 Å². The van der Waals surface area contributed by atoms with Crippen LogP contribution in [0.5, 0.6) is 0 Å². The molecule has 0 amide bonds. The molecule has 1 aromatic carbocycles. The molecule has 0 spiro atoms. The third-order valence-corrected chi connectivity index (χ3v) is 3.14. The van der Waals surface area contributed by atoms with Crippen LogP contribution in [0.15, 0.2) is 28.9 Å². The lowest BCUT2D eigenvalue weighted by Crippen LogP contribution is -2.05. The molecule has 2 rings (SSSR count). The number of hydrogen-bond acceptors (Lipinski definition) is 2. The summed E-state index contributed by atoms with van der Waals surface area (Å²) < 4.78 is 2.45. The van der Waals surface area contributed by atoms with E-state index in [1.807, 2.05) is 12.1 Å². The maximum absolute atomic E-state index is 5.91. The lowest BCUT2D eigenvalue weighted by Gasteiger charge is -2.05. The normalized spacial score (nSPS) is 10.7. The van der Waals surface area contributed by atoms with Crippen LogP contribution in [0.1, 0.15) is 5.56 Å². The molecular formula is C10H8BrCl2N3. The van der Waals surface area contributed by atoms with Crippen molar-refractivity contribution in [1.29, 1.82) is 0 Å². The van der Waals surface area contributed by atoms with Crippen LogP contribution in [0.3, 0.4) is 0 Å². The average molecular weight is 321 g/mol. The van der Waals surface area contributed by atoms with E-state index in [-0.39, 0.29) is 0 Å². The highest BCUT2D eigenvalue weighted by atomic mass is 79.9. The summed E-state index contributed by atoms with van der Waals surface area (Å²) >= 11 is 15.1. The molecule has 1 aromatic heterocycles. The highest BCUT2D eigenvalue weighted by Gasteiger charge is 2.06. The van der Waals surface area contributed by atoms with Gasteiger partial charge in [0.2, 0.25) is 0 Å². The van der Waals surface area contributed by atoms with E-state index in [2.05, 4.69) is 21.0 Å². The number of benzene rings is 1. The van der Waals surface area contributed by atoms with Crippen molar-refractivity contribution < 1.29 is 0 Å². The fourth-order valence-corrected chi connectivity index (χ4v) is 2.24. The molecule has 0 fully saturated rings. The number of halogens is 3. The van der Waals surface area contributed by atoms with Gasteiger partial charge in [0.05, 0.1) is 17.2 Å². The SMILES string of the molecule is Nc1c(Br)cnn1Cc1cc(Cl)cc(Cl)c1. The van der Waals surface area contributed by atoms with Gasteiger partial charge in [0.25, 0.3) is 0 Å². The fourth-order valence-electron chi connectivity index (χ4n) is 1.37. The zero-order valence-electron chi connectivity index (χ0n) is 8.12. The fraction of sp³-hybridized carbons (Fsp3) is 0.100. The number of hydrogen-bond donors (Lipinski definition) is 1. The van der Waals surface area contributed by atoms with Gasteiger partial charge in [0, 0.05) is 10.0 Å². The minimum Gasteiger partial charge on any atom is -0.383 e. The summed E-state index contributed by atoms with van der Waals surface area (Å²) in [5.74, 6) is 0.580. The first kappa shape index (κ1) is 11.8. The van der Waals surface area contributed by atoms with Gasteiger partial charge in [-0.2, -0.15) is 5.10 Å². The second-order valence-corrected chi connectivity index (χ2v) is 5.04. The Kier molecular flexibility index (Phi) is 3.42. The first-order valence-electron chi connectivity index (χ1n) is 4.48. The van der Waals surface area contributed by atoms with Gasteiger partial charge in [-0.3, -0.25) is 0 Å². The molecule has 0 aliphatic rings. The summed E-state index contributed by atoms with van der Waals surface area (Å²) in [5, 5.41) is 5.34. The smallest absolute Gasteiger partial charge is 0.136 e. The van der Waals surface area contributed by atoms with Crippen LogP contribution in [0.25, 0.3) is 0 Å². The first-order chi connectivity index (χ1) is 7.56. The molecule has 6 heteroatoms. The summed E-state index contributed by atoms with van der Waals surface area (Å²) in [5.41, 5.74) is 6.77. The van der Waals surface area contributed by atoms with Crippen LogP contribution in [0, 0.1) is 0 Å². The first-order valence-corrected chi connectivity index (χ1v) is 6.03. The van der Waals surface area contributed by atoms with Crippen LogP contribution in [0.2, 0.25) is 10.0 Å². The molecule has 0 saturated carbocycles.